The topological polar surface area (TPSA) is 89.6 Å². The van der Waals surface area contributed by atoms with E-state index in [1.165, 1.54) is 0 Å². The molecule has 3 heterocycles. The Labute approximate surface area is 183 Å². The fourth-order valence-corrected chi connectivity index (χ4v) is 4.86. The number of benzene rings is 2. The van der Waals surface area contributed by atoms with Crippen LogP contribution in [0, 0.1) is 0 Å². The van der Waals surface area contributed by atoms with Crippen LogP contribution in [-0.2, 0) is 19.1 Å². The molecular weight excluding hydrogens is 414 g/mol. The first-order chi connectivity index (χ1) is 15.2. The van der Waals surface area contributed by atoms with Crippen molar-refractivity contribution in [1.82, 2.24) is 4.98 Å². The molecule has 8 heteroatoms. The molecular formula is C23H23N3O4S. The van der Waals surface area contributed by atoms with Gasteiger partial charge in [-0.2, -0.15) is 0 Å². The molecule has 0 radical (unpaired) electrons. The summed E-state index contributed by atoms with van der Waals surface area (Å²) >= 11 is 1.57. The summed E-state index contributed by atoms with van der Waals surface area (Å²) in [5.74, 6) is -0.342. The third-order valence-electron chi connectivity index (χ3n) is 5.45. The van der Waals surface area contributed by atoms with Crippen molar-refractivity contribution in [3.05, 3.63) is 42.5 Å². The van der Waals surface area contributed by atoms with Crippen LogP contribution >= 0.6 is 11.3 Å². The maximum atomic E-state index is 12.6. The summed E-state index contributed by atoms with van der Waals surface area (Å²) in [4.78, 5) is 29.9. The van der Waals surface area contributed by atoms with Crippen molar-refractivity contribution < 1.29 is 19.1 Å². The Hall–Kier alpha value is -2.81. The summed E-state index contributed by atoms with van der Waals surface area (Å²) in [7, 11) is 0. The summed E-state index contributed by atoms with van der Waals surface area (Å²) in [6, 6.07) is 13.5. The molecule has 0 spiro atoms. The van der Waals surface area contributed by atoms with Crippen molar-refractivity contribution in [3.8, 4) is 10.6 Å². The molecule has 2 saturated heterocycles. The Morgan fingerprint density at radius 3 is 2.06 bits per heavy atom. The number of para-hydroxylation sites is 1. The predicted molar refractivity (Wildman–Crippen MR) is 120 cm³/mol. The molecule has 0 saturated carbocycles. The van der Waals surface area contributed by atoms with Gasteiger partial charge in [-0.25, -0.2) is 4.98 Å². The van der Waals surface area contributed by atoms with Gasteiger partial charge in [-0.3, -0.25) is 9.59 Å². The number of carbonyl (C=O) groups is 2. The van der Waals surface area contributed by atoms with Gasteiger partial charge in [0.15, 0.2) is 0 Å². The average Bonchev–Trinajstić information content (AvgIpc) is 3.55. The molecule has 160 valence electrons. The van der Waals surface area contributed by atoms with E-state index >= 15 is 0 Å². The number of nitrogens with one attached hydrogen (secondary N) is 2. The van der Waals surface area contributed by atoms with E-state index in [0.717, 1.165) is 33.6 Å². The molecule has 2 fully saturated rings. The van der Waals surface area contributed by atoms with E-state index < -0.39 is 12.2 Å². The molecule has 31 heavy (non-hydrogen) atoms. The number of fused-ring (bicyclic) bond motifs is 1. The van der Waals surface area contributed by atoms with Gasteiger partial charge < -0.3 is 20.1 Å². The summed E-state index contributed by atoms with van der Waals surface area (Å²) < 4.78 is 12.1. The number of thiazole rings is 1. The Kier molecular flexibility index (Phi) is 5.67. The van der Waals surface area contributed by atoms with Crippen LogP contribution in [0.4, 0.5) is 11.4 Å². The number of hydrogen-bond donors (Lipinski definition) is 2. The standard InChI is InChI=1S/C23H23N3O4S/c27-21(18-6-3-9-29-18)24-15-11-14(23-26-17-5-1-2-8-20(17)31-23)12-16(13-15)25-22(28)19-7-4-10-30-19/h1-2,5,8,11-13,18-19H,3-4,6-7,9-10H2,(H,24,27)(H,25,28). The maximum absolute atomic E-state index is 12.6. The lowest BCUT2D eigenvalue weighted by atomic mass is 10.1. The van der Waals surface area contributed by atoms with Crippen LogP contribution in [0.2, 0.25) is 0 Å². The number of hydrogen-bond acceptors (Lipinski definition) is 6. The van der Waals surface area contributed by atoms with E-state index in [1.807, 2.05) is 36.4 Å². The molecule has 2 atom stereocenters. The predicted octanol–water partition coefficient (Wildman–Crippen LogP) is 4.20. The van der Waals surface area contributed by atoms with Gasteiger partial charge in [0, 0.05) is 30.2 Å². The van der Waals surface area contributed by atoms with Crippen LogP contribution in [0.15, 0.2) is 42.5 Å². The fraction of sp³-hybridized carbons (Fsp3) is 0.348. The summed E-state index contributed by atoms with van der Waals surface area (Å²) in [5.41, 5.74) is 2.94. The molecule has 2 unspecified atom stereocenters. The fourth-order valence-electron chi connectivity index (χ4n) is 3.91. The number of rotatable bonds is 5. The largest absolute Gasteiger partial charge is 0.368 e. The van der Waals surface area contributed by atoms with Crippen LogP contribution in [-0.4, -0.2) is 42.2 Å². The normalized spacial score (nSPS) is 20.8. The summed E-state index contributed by atoms with van der Waals surface area (Å²) in [6.07, 6.45) is 2.32. The zero-order valence-electron chi connectivity index (χ0n) is 16.9. The lowest BCUT2D eigenvalue weighted by molar-refractivity contribution is -0.125. The van der Waals surface area contributed by atoms with E-state index in [0.29, 0.717) is 37.4 Å². The smallest absolute Gasteiger partial charge is 0.253 e. The monoisotopic (exact) mass is 437 g/mol. The van der Waals surface area contributed by atoms with Gasteiger partial charge in [0.1, 0.15) is 17.2 Å². The Bertz CT molecular complexity index is 1040. The third kappa shape index (κ3) is 4.46. The minimum Gasteiger partial charge on any atom is -0.368 e. The first-order valence-electron chi connectivity index (χ1n) is 10.5. The average molecular weight is 438 g/mol. The van der Waals surface area contributed by atoms with Crippen LogP contribution in [0.5, 0.6) is 0 Å². The molecule has 1 aromatic heterocycles. The van der Waals surface area contributed by atoms with Gasteiger partial charge >= 0.3 is 0 Å². The molecule has 2 N–H and O–H groups in total. The number of ether oxygens (including phenoxy) is 2. The summed E-state index contributed by atoms with van der Waals surface area (Å²) in [6.45, 7) is 1.21. The molecule has 0 aliphatic carbocycles. The number of anilines is 2. The van der Waals surface area contributed by atoms with Crippen molar-refractivity contribution >= 4 is 44.7 Å². The number of aromatic nitrogens is 1. The molecule has 2 aliphatic rings. The van der Waals surface area contributed by atoms with Crippen LogP contribution < -0.4 is 10.6 Å². The van der Waals surface area contributed by atoms with Gasteiger partial charge in [-0.05, 0) is 56.0 Å². The quantitative estimate of drug-likeness (QED) is 0.625. The van der Waals surface area contributed by atoms with Gasteiger partial charge in [-0.1, -0.05) is 12.1 Å². The molecule has 7 nitrogen and oxygen atoms in total. The third-order valence-corrected chi connectivity index (χ3v) is 6.54. The second-order valence-corrected chi connectivity index (χ2v) is 8.80. The molecule has 3 aromatic rings. The number of nitrogens with zero attached hydrogens (tertiary/aromatic N) is 1. The lowest BCUT2D eigenvalue weighted by Crippen LogP contribution is -2.28. The molecule has 2 aliphatic heterocycles. The molecule has 0 bridgehead atoms. The van der Waals surface area contributed by atoms with Crippen molar-refractivity contribution in [1.29, 1.82) is 0 Å². The van der Waals surface area contributed by atoms with E-state index in [9.17, 15) is 9.59 Å². The zero-order valence-corrected chi connectivity index (χ0v) is 17.7. The van der Waals surface area contributed by atoms with Crippen LogP contribution in [0.1, 0.15) is 25.7 Å². The molecule has 2 aromatic carbocycles. The first-order valence-corrected chi connectivity index (χ1v) is 11.3. The Morgan fingerprint density at radius 2 is 1.52 bits per heavy atom. The van der Waals surface area contributed by atoms with E-state index in [4.69, 9.17) is 14.5 Å². The first kappa shape index (κ1) is 20.1. The van der Waals surface area contributed by atoms with Crippen molar-refractivity contribution in [2.75, 3.05) is 23.8 Å². The van der Waals surface area contributed by atoms with Gasteiger partial charge in [-0.15, -0.1) is 11.3 Å². The Morgan fingerprint density at radius 1 is 0.903 bits per heavy atom. The van der Waals surface area contributed by atoms with E-state index in [1.54, 1.807) is 17.4 Å². The zero-order chi connectivity index (χ0) is 21.2. The van der Waals surface area contributed by atoms with E-state index in [2.05, 4.69) is 10.6 Å². The minimum atomic E-state index is -0.434. The Balaban J connectivity index is 1.46. The van der Waals surface area contributed by atoms with Crippen LogP contribution in [0.25, 0.3) is 20.8 Å². The maximum Gasteiger partial charge on any atom is 0.253 e. The SMILES string of the molecule is O=C(Nc1cc(NC(=O)C2CCCO2)cc(-c2nc3ccccc3s2)c1)C1CCCO1. The van der Waals surface area contributed by atoms with Gasteiger partial charge in [0.05, 0.1) is 10.2 Å². The molecule has 5 rings (SSSR count). The highest BCUT2D eigenvalue weighted by Gasteiger charge is 2.25. The minimum absolute atomic E-state index is 0.171. The highest BCUT2D eigenvalue weighted by molar-refractivity contribution is 7.21. The molecule has 2 amide bonds. The van der Waals surface area contributed by atoms with Crippen LogP contribution in [0.3, 0.4) is 0 Å². The number of amides is 2. The van der Waals surface area contributed by atoms with Gasteiger partial charge in [0.25, 0.3) is 11.8 Å². The van der Waals surface area contributed by atoms with Gasteiger partial charge in [0.2, 0.25) is 0 Å². The second-order valence-electron chi connectivity index (χ2n) is 7.77. The van der Waals surface area contributed by atoms with E-state index in [-0.39, 0.29) is 11.8 Å². The van der Waals surface area contributed by atoms with Crippen molar-refractivity contribution in [2.45, 2.75) is 37.9 Å². The van der Waals surface area contributed by atoms with Crippen molar-refractivity contribution in [3.63, 3.8) is 0 Å². The summed E-state index contributed by atoms with van der Waals surface area (Å²) in [5, 5.41) is 6.70. The van der Waals surface area contributed by atoms with Crippen molar-refractivity contribution in [2.24, 2.45) is 0 Å². The second kappa shape index (κ2) is 8.74. The number of carbonyl (C=O) groups excluding carboxylic acids is 2. The highest BCUT2D eigenvalue weighted by atomic mass is 32.1. The highest BCUT2D eigenvalue weighted by Crippen LogP contribution is 2.34. The lowest BCUT2D eigenvalue weighted by Gasteiger charge is -2.15.